The van der Waals surface area contributed by atoms with Crippen LogP contribution < -0.4 is 16.4 Å². The van der Waals surface area contributed by atoms with Crippen LogP contribution >= 0.6 is 22.6 Å². The zero-order valence-corrected chi connectivity index (χ0v) is 12.5. The Morgan fingerprint density at radius 1 is 1.50 bits per heavy atom. The molecule has 1 aromatic carbocycles. The number of carbonyl (C=O) groups excluding carboxylic acids is 1. The predicted octanol–water partition coefficient (Wildman–Crippen LogP) is 2.20. The summed E-state index contributed by atoms with van der Waals surface area (Å²) >= 11 is 1.87. The zero-order valence-electron chi connectivity index (χ0n) is 10.4. The van der Waals surface area contributed by atoms with Gasteiger partial charge in [0.15, 0.2) is 0 Å². The molecule has 4 N–H and O–H groups in total. The van der Waals surface area contributed by atoms with Gasteiger partial charge in [-0.1, -0.05) is 13.8 Å². The maximum atomic E-state index is 13.3. The first-order valence-corrected chi connectivity index (χ1v) is 6.73. The Morgan fingerprint density at radius 3 is 2.78 bits per heavy atom. The molecular weight excluding hydrogens is 348 g/mol. The number of amides is 1. The second-order valence-electron chi connectivity index (χ2n) is 4.41. The number of anilines is 2. The second kappa shape index (κ2) is 6.77. The monoisotopic (exact) mass is 365 g/mol. The van der Waals surface area contributed by atoms with E-state index in [0.29, 0.717) is 27.4 Å². The van der Waals surface area contributed by atoms with E-state index in [0.717, 1.165) is 0 Å². The third kappa shape index (κ3) is 4.67. The Bertz CT molecular complexity index is 438. The van der Waals surface area contributed by atoms with Gasteiger partial charge in [0, 0.05) is 12.6 Å². The molecule has 0 spiro atoms. The molecule has 0 aliphatic rings. The van der Waals surface area contributed by atoms with E-state index >= 15 is 0 Å². The maximum absolute atomic E-state index is 13.3. The molecule has 0 aromatic heterocycles. The van der Waals surface area contributed by atoms with Crippen LogP contribution in [0.4, 0.5) is 15.8 Å². The van der Waals surface area contributed by atoms with Crippen molar-refractivity contribution < 1.29 is 9.18 Å². The second-order valence-corrected chi connectivity index (χ2v) is 5.57. The highest BCUT2D eigenvalue weighted by Gasteiger charge is 2.07. The van der Waals surface area contributed by atoms with Crippen molar-refractivity contribution in [1.29, 1.82) is 0 Å². The van der Waals surface area contributed by atoms with Gasteiger partial charge in [0.05, 0.1) is 21.5 Å². The van der Waals surface area contributed by atoms with Crippen LogP contribution in [0.25, 0.3) is 0 Å². The van der Waals surface area contributed by atoms with E-state index in [-0.39, 0.29) is 18.3 Å². The summed E-state index contributed by atoms with van der Waals surface area (Å²) in [6, 6.07) is 2.83. The number of nitrogen functional groups attached to an aromatic ring is 1. The lowest BCUT2D eigenvalue weighted by molar-refractivity contribution is -0.119. The maximum Gasteiger partial charge on any atom is 0.239 e. The average Bonchev–Trinajstić information content (AvgIpc) is 2.29. The van der Waals surface area contributed by atoms with E-state index < -0.39 is 0 Å². The van der Waals surface area contributed by atoms with Crippen LogP contribution in [-0.4, -0.2) is 19.0 Å². The predicted molar refractivity (Wildman–Crippen MR) is 79.9 cm³/mol. The van der Waals surface area contributed by atoms with Crippen molar-refractivity contribution in [1.82, 2.24) is 5.32 Å². The smallest absolute Gasteiger partial charge is 0.239 e. The molecule has 1 rings (SSSR count). The Kier molecular flexibility index (Phi) is 5.64. The summed E-state index contributed by atoms with van der Waals surface area (Å²) in [6.45, 7) is 4.73. The molecule has 6 heteroatoms. The Labute approximate surface area is 120 Å². The number of nitrogens with one attached hydrogen (secondary N) is 2. The highest BCUT2D eigenvalue weighted by atomic mass is 127. The molecule has 0 atom stereocenters. The van der Waals surface area contributed by atoms with Gasteiger partial charge in [0.25, 0.3) is 0 Å². The lowest BCUT2D eigenvalue weighted by Gasteiger charge is -2.11. The summed E-state index contributed by atoms with van der Waals surface area (Å²) < 4.78 is 13.8. The Morgan fingerprint density at radius 2 is 2.17 bits per heavy atom. The summed E-state index contributed by atoms with van der Waals surface area (Å²) in [4.78, 5) is 11.5. The minimum absolute atomic E-state index is 0.0803. The van der Waals surface area contributed by atoms with Crippen molar-refractivity contribution in [2.24, 2.45) is 5.92 Å². The molecule has 1 amide bonds. The molecule has 0 radical (unpaired) electrons. The first-order valence-electron chi connectivity index (χ1n) is 5.65. The molecule has 100 valence electrons. The van der Waals surface area contributed by atoms with Gasteiger partial charge in [-0.25, -0.2) is 4.39 Å². The lowest BCUT2D eigenvalue weighted by Crippen LogP contribution is -2.32. The average molecular weight is 365 g/mol. The number of hydrogen-bond acceptors (Lipinski definition) is 3. The first-order chi connectivity index (χ1) is 8.40. The van der Waals surface area contributed by atoms with Gasteiger partial charge >= 0.3 is 0 Å². The normalized spacial score (nSPS) is 10.5. The number of benzene rings is 1. The minimum Gasteiger partial charge on any atom is -0.397 e. The van der Waals surface area contributed by atoms with Crippen molar-refractivity contribution in [3.8, 4) is 0 Å². The van der Waals surface area contributed by atoms with Gasteiger partial charge < -0.3 is 16.4 Å². The molecule has 0 saturated heterocycles. The van der Waals surface area contributed by atoms with E-state index in [4.69, 9.17) is 5.73 Å². The standard InChI is InChI=1S/C12H17FIN3O/c1-7(2)5-17-12(18)6-16-11-3-8(13)9(14)4-10(11)15/h3-4,7,16H,5-6,15H2,1-2H3,(H,17,18). The van der Waals surface area contributed by atoms with Crippen molar-refractivity contribution >= 4 is 39.9 Å². The number of rotatable bonds is 5. The largest absolute Gasteiger partial charge is 0.397 e. The van der Waals surface area contributed by atoms with E-state index in [2.05, 4.69) is 10.6 Å². The number of carbonyl (C=O) groups is 1. The van der Waals surface area contributed by atoms with Crippen LogP contribution in [0.2, 0.25) is 0 Å². The highest BCUT2D eigenvalue weighted by molar-refractivity contribution is 14.1. The third-order valence-electron chi connectivity index (χ3n) is 2.24. The van der Waals surface area contributed by atoms with Gasteiger partial charge in [-0.3, -0.25) is 4.79 Å². The van der Waals surface area contributed by atoms with Crippen molar-refractivity contribution in [2.45, 2.75) is 13.8 Å². The molecular formula is C12H17FIN3O. The summed E-state index contributed by atoms with van der Waals surface area (Å²) in [6.07, 6.45) is 0. The molecule has 0 unspecified atom stereocenters. The topological polar surface area (TPSA) is 67.2 Å². The van der Waals surface area contributed by atoms with E-state index in [1.165, 1.54) is 12.1 Å². The molecule has 0 aliphatic heterocycles. The fourth-order valence-electron chi connectivity index (χ4n) is 1.27. The van der Waals surface area contributed by atoms with E-state index in [9.17, 15) is 9.18 Å². The minimum atomic E-state index is -0.352. The number of halogens is 2. The fourth-order valence-corrected chi connectivity index (χ4v) is 1.76. The van der Waals surface area contributed by atoms with E-state index in [1.54, 1.807) is 0 Å². The summed E-state index contributed by atoms with van der Waals surface area (Å²) in [7, 11) is 0. The number of hydrogen-bond donors (Lipinski definition) is 3. The summed E-state index contributed by atoms with van der Waals surface area (Å²) in [5, 5.41) is 5.58. The highest BCUT2D eigenvalue weighted by Crippen LogP contribution is 2.23. The molecule has 0 bridgehead atoms. The van der Waals surface area contributed by atoms with Gasteiger partial charge in [-0.15, -0.1) is 0 Å². The van der Waals surface area contributed by atoms with Crippen LogP contribution in [0, 0.1) is 15.3 Å². The SMILES string of the molecule is CC(C)CNC(=O)CNc1cc(F)c(I)cc1N. The molecule has 1 aromatic rings. The molecule has 0 heterocycles. The molecule has 18 heavy (non-hydrogen) atoms. The zero-order chi connectivity index (χ0) is 13.7. The van der Waals surface area contributed by atoms with Crippen LogP contribution in [0.1, 0.15) is 13.8 Å². The molecule has 0 saturated carbocycles. The fraction of sp³-hybridized carbons (Fsp3) is 0.417. The van der Waals surface area contributed by atoms with Crippen molar-refractivity contribution in [3.05, 3.63) is 21.5 Å². The first kappa shape index (κ1) is 15.0. The van der Waals surface area contributed by atoms with Crippen LogP contribution in [-0.2, 0) is 4.79 Å². The lowest BCUT2D eigenvalue weighted by atomic mass is 10.2. The van der Waals surface area contributed by atoms with Crippen molar-refractivity contribution in [3.63, 3.8) is 0 Å². The molecule has 4 nitrogen and oxygen atoms in total. The van der Waals surface area contributed by atoms with Crippen molar-refractivity contribution in [2.75, 3.05) is 24.1 Å². The van der Waals surface area contributed by atoms with Crippen LogP contribution in [0.15, 0.2) is 12.1 Å². The summed E-state index contributed by atoms with van der Waals surface area (Å²) in [5.41, 5.74) is 6.60. The van der Waals surface area contributed by atoms with Gasteiger partial charge in [-0.05, 0) is 34.6 Å². The Balaban J connectivity index is 2.53. The van der Waals surface area contributed by atoms with Crippen LogP contribution in [0.3, 0.4) is 0 Å². The van der Waals surface area contributed by atoms with Gasteiger partial charge in [-0.2, -0.15) is 0 Å². The van der Waals surface area contributed by atoms with Crippen LogP contribution in [0.5, 0.6) is 0 Å². The number of nitrogens with two attached hydrogens (primary N) is 1. The Hall–Kier alpha value is -1.05. The molecule has 0 aliphatic carbocycles. The summed E-state index contributed by atoms with van der Waals surface area (Å²) in [5.74, 6) is -0.0910. The van der Waals surface area contributed by atoms with E-state index in [1.807, 2.05) is 36.4 Å². The van der Waals surface area contributed by atoms with Gasteiger partial charge in [0.2, 0.25) is 5.91 Å². The van der Waals surface area contributed by atoms with Gasteiger partial charge in [0.1, 0.15) is 5.82 Å². The quantitative estimate of drug-likeness (QED) is 0.554. The third-order valence-corrected chi connectivity index (χ3v) is 3.07. The molecule has 0 fully saturated rings.